The summed E-state index contributed by atoms with van der Waals surface area (Å²) in [4.78, 5) is 8.69. The number of hydrogen-bond acceptors (Lipinski definition) is 4. The molecular formula is C10H14O4. The largest absolute Gasteiger partial charge is 0.508 e. The van der Waals surface area contributed by atoms with E-state index in [1.54, 1.807) is 6.07 Å². The highest BCUT2D eigenvalue weighted by atomic mass is 17.5. The molecule has 1 aliphatic heterocycles. The molecule has 0 saturated carbocycles. The molecule has 4 nitrogen and oxygen atoms in total. The number of benzene rings is 1. The highest BCUT2D eigenvalue weighted by molar-refractivity contribution is 5.29. The number of rotatable bonds is 0. The average Bonchev–Trinajstić information content (AvgIpc) is 2.26. The first-order valence-corrected chi connectivity index (χ1v) is 4.46. The van der Waals surface area contributed by atoms with E-state index in [1.807, 2.05) is 25.1 Å². The van der Waals surface area contributed by atoms with Crippen molar-refractivity contribution in [2.75, 3.05) is 13.2 Å². The third kappa shape index (κ3) is 4.23. The number of hydrogen-bond donors (Lipinski definition) is 1. The summed E-state index contributed by atoms with van der Waals surface area (Å²) < 4.78 is 0. The van der Waals surface area contributed by atoms with E-state index < -0.39 is 0 Å². The van der Waals surface area contributed by atoms with Crippen molar-refractivity contribution < 1.29 is 19.9 Å². The van der Waals surface area contributed by atoms with Crippen LogP contribution in [-0.4, -0.2) is 18.3 Å². The monoisotopic (exact) mass is 198 g/mol. The molecule has 1 aliphatic rings. The normalized spacial score (nSPS) is 15.5. The zero-order valence-electron chi connectivity index (χ0n) is 8.10. The van der Waals surface area contributed by atoms with Gasteiger partial charge in [0.25, 0.3) is 0 Å². The smallest absolute Gasteiger partial charge is 0.118 e. The van der Waals surface area contributed by atoms with Crippen LogP contribution < -0.4 is 0 Å². The molecule has 0 bridgehead atoms. The molecule has 0 spiro atoms. The van der Waals surface area contributed by atoms with Gasteiger partial charge in [0.1, 0.15) is 5.75 Å². The summed E-state index contributed by atoms with van der Waals surface area (Å²) in [7, 11) is 0. The molecule has 1 heterocycles. The molecule has 1 N–H and O–H groups in total. The number of phenols is 1. The van der Waals surface area contributed by atoms with Crippen LogP contribution in [0.15, 0.2) is 24.3 Å². The molecule has 0 radical (unpaired) electrons. The van der Waals surface area contributed by atoms with Gasteiger partial charge in [0.05, 0.1) is 13.2 Å². The molecule has 1 saturated heterocycles. The van der Waals surface area contributed by atoms with E-state index in [0.29, 0.717) is 19.0 Å². The zero-order valence-corrected chi connectivity index (χ0v) is 8.10. The van der Waals surface area contributed by atoms with E-state index in [1.165, 1.54) is 0 Å². The Kier molecular flexibility index (Phi) is 4.99. The molecule has 0 aliphatic carbocycles. The lowest BCUT2D eigenvalue weighted by molar-refractivity contribution is -0.532. The molecule has 0 unspecified atom stereocenters. The maximum Gasteiger partial charge on any atom is 0.118 e. The van der Waals surface area contributed by atoms with E-state index in [4.69, 9.17) is 5.11 Å². The summed E-state index contributed by atoms with van der Waals surface area (Å²) in [5, 5.41) is 13.0. The van der Waals surface area contributed by atoms with Crippen LogP contribution in [-0.2, 0) is 14.8 Å². The minimum absolute atomic E-state index is 0.368. The Hall–Kier alpha value is -1.10. The van der Waals surface area contributed by atoms with Crippen LogP contribution in [0.2, 0.25) is 0 Å². The lowest BCUT2D eigenvalue weighted by atomic mass is 10.2. The maximum atomic E-state index is 8.92. The highest BCUT2D eigenvalue weighted by Crippen LogP contribution is 2.12. The van der Waals surface area contributed by atoms with Gasteiger partial charge in [-0.2, -0.15) is 0 Å². The highest BCUT2D eigenvalue weighted by Gasteiger charge is 1.96. The van der Waals surface area contributed by atoms with Gasteiger partial charge in [0, 0.05) is 6.42 Å². The van der Waals surface area contributed by atoms with E-state index >= 15 is 0 Å². The fourth-order valence-corrected chi connectivity index (χ4v) is 0.842. The average molecular weight is 198 g/mol. The second-order valence-electron chi connectivity index (χ2n) is 2.85. The first-order chi connectivity index (χ1) is 6.80. The molecule has 2 rings (SSSR count). The van der Waals surface area contributed by atoms with Gasteiger partial charge in [-0.05, 0) is 18.6 Å². The minimum atomic E-state index is 0.368. The minimum Gasteiger partial charge on any atom is -0.508 e. The van der Waals surface area contributed by atoms with Gasteiger partial charge in [-0.15, -0.1) is 0 Å². The fourth-order valence-electron chi connectivity index (χ4n) is 0.842. The Labute approximate surface area is 82.9 Å². The van der Waals surface area contributed by atoms with Gasteiger partial charge in [-0.1, -0.05) is 23.2 Å². The van der Waals surface area contributed by atoms with Gasteiger partial charge >= 0.3 is 0 Å². The Morgan fingerprint density at radius 1 is 1.14 bits per heavy atom. The Balaban J connectivity index is 0.000000146. The first kappa shape index (κ1) is 11.0. The van der Waals surface area contributed by atoms with Gasteiger partial charge in [0.2, 0.25) is 0 Å². The van der Waals surface area contributed by atoms with Crippen LogP contribution >= 0.6 is 0 Å². The standard InChI is InChI=1S/C7H8O.C3H6O3/c1-6-4-2-3-5-7(6)8;1-2-4-6-5-3-1/h2-5,8H,1H3;1-3H2. The van der Waals surface area contributed by atoms with Crippen molar-refractivity contribution in [1.82, 2.24) is 0 Å². The quantitative estimate of drug-likeness (QED) is 0.647. The summed E-state index contributed by atoms with van der Waals surface area (Å²) in [6, 6.07) is 7.25. The fraction of sp³-hybridized carbons (Fsp3) is 0.400. The molecule has 0 amide bonds. The van der Waals surface area contributed by atoms with Crippen molar-refractivity contribution in [2.24, 2.45) is 0 Å². The molecule has 1 aromatic carbocycles. The molecule has 0 atom stereocenters. The molecule has 0 aromatic heterocycles. The maximum absolute atomic E-state index is 8.92. The summed E-state index contributed by atoms with van der Waals surface area (Å²) in [5.74, 6) is 0.368. The topological polar surface area (TPSA) is 47.9 Å². The molecule has 78 valence electrons. The van der Waals surface area contributed by atoms with E-state index in [-0.39, 0.29) is 0 Å². The summed E-state index contributed by atoms with van der Waals surface area (Å²) in [5.41, 5.74) is 0.924. The molecule has 14 heavy (non-hydrogen) atoms. The second kappa shape index (κ2) is 6.37. The SMILES string of the molecule is C1COOOC1.Cc1ccccc1O. The number of para-hydroxylation sites is 1. The molecule has 4 heteroatoms. The lowest BCUT2D eigenvalue weighted by Crippen LogP contribution is -2.08. The van der Waals surface area contributed by atoms with Crippen LogP contribution in [0.4, 0.5) is 0 Å². The van der Waals surface area contributed by atoms with Crippen molar-refractivity contribution in [1.29, 1.82) is 0 Å². The first-order valence-electron chi connectivity index (χ1n) is 4.46. The molecule has 1 aromatic rings. The van der Waals surface area contributed by atoms with Gasteiger partial charge in [0.15, 0.2) is 0 Å². The van der Waals surface area contributed by atoms with Gasteiger partial charge < -0.3 is 5.11 Å². The third-order valence-electron chi connectivity index (χ3n) is 1.67. The summed E-state index contributed by atoms with van der Waals surface area (Å²) in [6.45, 7) is 3.18. The predicted octanol–water partition coefficient (Wildman–Crippen LogP) is 1.97. The lowest BCUT2D eigenvalue weighted by Gasteiger charge is -2.06. The van der Waals surface area contributed by atoms with E-state index in [2.05, 4.69) is 14.8 Å². The molecule has 1 fully saturated rings. The van der Waals surface area contributed by atoms with Crippen molar-refractivity contribution >= 4 is 0 Å². The Morgan fingerprint density at radius 3 is 2.07 bits per heavy atom. The second-order valence-corrected chi connectivity index (χ2v) is 2.85. The van der Waals surface area contributed by atoms with E-state index in [0.717, 1.165) is 12.0 Å². The van der Waals surface area contributed by atoms with Crippen LogP contribution in [0.5, 0.6) is 5.75 Å². The molecular weight excluding hydrogens is 184 g/mol. The number of aryl methyl sites for hydroxylation is 1. The zero-order chi connectivity index (χ0) is 10.2. The van der Waals surface area contributed by atoms with E-state index in [9.17, 15) is 0 Å². The predicted molar refractivity (Wildman–Crippen MR) is 50.4 cm³/mol. The van der Waals surface area contributed by atoms with Crippen LogP contribution in [0.3, 0.4) is 0 Å². The van der Waals surface area contributed by atoms with Crippen molar-refractivity contribution in [3.05, 3.63) is 29.8 Å². The van der Waals surface area contributed by atoms with Crippen LogP contribution in [0.25, 0.3) is 0 Å². The van der Waals surface area contributed by atoms with Crippen molar-refractivity contribution in [3.8, 4) is 5.75 Å². The van der Waals surface area contributed by atoms with Crippen LogP contribution in [0.1, 0.15) is 12.0 Å². The van der Waals surface area contributed by atoms with Crippen molar-refractivity contribution in [2.45, 2.75) is 13.3 Å². The van der Waals surface area contributed by atoms with Crippen molar-refractivity contribution in [3.63, 3.8) is 0 Å². The number of aromatic hydroxyl groups is 1. The van der Waals surface area contributed by atoms with Crippen LogP contribution in [0, 0.1) is 6.92 Å². The van der Waals surface area contributed by atoms with Gasteiger partial charge in [-0.3, -0.25) is 0 Å². The summed E-state index contributed by atoms with van der Waals surface area (Å²) >= 11 is 0. The van der Waals surface area contributed by atoms with Gasteiger partial charge in [-0.25, -0.2) is 9.78 Å². The third-order valence-corrected chi connectivity index (χ3v) is 1.67. The summed E-state index contributed by atoms with van der Waals surface area (Å²) in [6.07, 6.45) is 0.931. The number of phenolic OH excluding ortho intramolecular Hbond substituents is 1. The Morgan fingerprint density at radius 2 is 1.79 bits per heavy atom. The Bertz CT molecular complexity index is 226.